The van der Waals surface area contributed by atoms with Gasteiger partial charge in [0, 0.05) is 18.6 Å². The van der Waals surface area contributed by atoms with Gasteiger partial charge in [0.25, 0.3) is 0 Å². The first kappa shape index (κ1) is 14.8. The minimum absolute atomic E-state index is 0.0928. The maximum Gasteiger partial charge on any atom is 0.147 e. The molecule has 1 aliphatic carbocycles. The summed E-state index contributed by atoms with van der Waals surface area (Å²) >= 11 is 0. The van der Waals surface area contributed by atoms with Crippen molar-refractivity contribution in [1.29, 1.82) is 0 Å². The van der Waals surface area contributed by atoms with Gasteiger partial charge >= 0.3 is 0 Å². The molecular weight excluding hydrogens is 295 g/mol. The number of hydrogen-bond acceptors (Lipinski definition) is 4. The summed E-state index contributed by atoms with van der Waals surface area (Å²) in [5.41, 5.74) is 1.04. The molecule has 0 amide bonds. The smallest absolute Gasteiger partial charge is 0.147 e. The molecule has 1 aromatic carbocycles. The van der Waals surface area contributed by atoms with E-state index in [9.17, 15) is 9.50 Å². The minimum atomic E-state index is -0.358. The second-order valence-corrected chi connectivity index (χ2v) is 6.65. The van der Waals surface area contributed by atoms with Crippen LogP contribution in [-0.4, -0.2) is 37.4 Å². The fraction of sp³-hybridized carbons (Fsp3) is 0.529. The Bertz CT molecular complexity index is 695. The van der Waals surface area contributed by atoms with Crippen molar-refractivity contribution < 1.29 is 9.50 Å². The summed E-state index contributed by atoms with van der Waals surface area (Å²) in [6, 6.07) is 7.21. The maximum atomic E-state index is 13.2. The maximum absolute atomic E-state index is 13.2. The third-order valence-electron chi connectivity index (χ3n) is 4.83. The summed E-state index contributed by atoms with van der Waals surface area (Å²) in [7, 11) is 0. The lowest BCUT2D eigenvalue weighted by Gasteiger charge is -2.24. The van der Waals surface area contributed by atoms with Gasteiger partial charge in [0.15, 0.2) is 0 Å². The number of hydrogen-bond donors (Lipinski definition) is 1. The normalized spacial score (nSPS) is 25.2. The number of halogens is 1. The van der Waals surface area contributed by atoms with E-state index in [1.54, 1.807) is 0 Å². The largest absolute Gasteiger partial charge is 0.392 e. The van der Waals surface area contributed by atoms with Crippen LogP contribution in [0, 0.1) is 12.7 Å². The predicted molar refractivity (Wildman–Crippen MR) is 83.2 cm³/mol. The summed E-state index contributed by atoms with van der Waals surface area (Å²) in [4.78, 5) is 2.22. The van der Waals surface area contributed by atoms with Gasteiger partial charge in [-0.15, -0.1) is 10.2 Å². The zero-order valence-corrected chi connectivity index (χ0v) is 13.2. The summed E-state index contributed by atoms with van der Waals surface area (Å²) in [6.07, 6.45) is 2.69. The molecule has 2 unspecified atom stereocenters. The SMILES string of the molecule is Cc1nnc(CN2CC(O)CC2c2ccc(F)cc2)n1C1CC1. The van der Waals surface area contributed by atoms with E-state index in [0.29, 0.717) is 25.6 Å². The molecule has 122 valence electrons. The molecular formula is C17H21FN4O. The lowest BCUT2D eigenvalue weighted by atomic mass is 10.0. The molecule has 6 heteroatoms. The zero-order valence-electron chi connectivity index (χ0n) is 13.2. The number of nitrogens with zero attached hydrogens (tertiary/aromatic N) is 4. The van der Waals surface area contributed by atoms with Crippen LogP contribution in [0.4, 0.5) is 4.39 Å². The fourth-order valence-corrected chi connectivity index (χ4v) is 3.60. The van der Waals surface area contributed by atoms with Gasteiger partial charge in [-0.05, 0) is 43.9 Å². The van der Waals surface area contributed by atoms with Gasteiger partial charge in [-0.2, -0.15) is 0 Å². The first-order valence-electron chi connectivity index (χ1n) is 8.20. The van der Waals surface area contributed by atoms with Crippen LogP contribution < -0.4 is 0 Å². The number of aliphatic hydroxyl groups excluding tert-OH is 1. The quantitative estimate of drug-likeness (QED) is 0.941. The van der Waals surface area contributed by atoms with E-state index < -0.39 is 0 Å². The van der Waals surface area contributed by atoms with Crippen LogP contribution >= 0.6 is 0 Å². The van der Waals surface area contributed by atoms with Gasteiger partial charge in [0.1, 0.15) is 17.5 Å². The Hall–Kier alpha value is -1.79. The molecule has 1 saturated heterocycles. The molecule has 1 aliphatic heterocycles. The Kier molecular flexibility index (Phi) is 3.66. The van der Waals surface area contributed by atoms with Crippen LogP contribution in [0.25, 0.3) is 0 Å². The molecule has 1 saturated carbocycles. The van der Waals surface area contributed by atoms with E-state index in [-0.39, 0.29) is 18.0 Å². The highest BCUT2D eigenvalue weighted by atomic mass is 19.1. The Morgan fingerprint density at radius 1 is 1.22 bits per heavy atom. The second-order valence-electron chi connectivity index (χ2n) is 6.65. The monoisotopic (exact) mass is 316 g/mol. The average Bonchev–Trinajstić information content (AvgIpc) is 3.20. The first-order chi connectivity index (χ1) is 11.1. The van der Waals surface area contributed by atoms with Gasteiger partial charge in [0.05, 0.1) is 12.6 Å². The Morgan fingerprint density at radius 3 is 2.65 bits per heavy atom. The standard InChI is InChI=1S/C17H21FN4O/c1-11-19-20-17(22(11)14-6-7-14)10-21-9-15(23)8-16(21)12-2-4-13(18)5-3-12/h2-5,14-16,23H,6-10H2,1H3. The molecule has 0 radical (unpaired) electrons. The molecule has 2 fully saturated rings. The molecule has 2 aromatic rings. The molecule has 2 atom stereocenters. The van der Waals surface area contributed by atoms with Gasteiger partial charge in [-0.1, -0.05) is 12.1 Å². The van der Waals surface area contributed by atoms with Crippen LogP contribution in [0.5, 0.6) is 0 Å². The summed E-state index contributed by atoms with van der Waals surface area (Å²) in [5.74, 6) is 1.69. The molecule has 5 nitrogen and oxygen atoms in total. The van der Waals surface area contributed by atoms with Crippen molar-refractivity contribution in [3.05, 3.63) is 47.3 Å². The number of likely N-dealkylation sites (tertiary alicyclic amines) is 1. The molecule has 1 aromatic heterocycles. The number of benzene rings is 1. The first-order valence-corrected chi connectivity index (χ1v) is 8.20. The molecule has 2 aliphatic rings. The van der Waals surface area contributed by atoms with E-state index in [2.05, 4.69) is 19.7 Å². The van der Waals surface area contributed by atoms with Gasteiger partial charge in [-0.3, -0.25) is 4.90 Å². The Morgan fingerprint density at radius 2 is 1.96 bits per heavy atom. The highest BCUT2D eigenvalue weighted by Crippen LogP contribution is 2.38. The molecule has 0 bridgehead atoms. The minimum Gasteiger partial charge on any atom is -0.392 e. The van der Waals surface area contributed by atoms with Crippen molar-refractivity contribution in [3.8, 4) is 0 Å². The van der Waals surface area contributed by atoms with E-state index in [1.807, 2.05) is 19.1 Å². The lowest BCUT2D eigenvalue weighted by Crippen LogP contribution is -2.26. The number of aryl methyl sites for hydroxylation is 1. The van der Waals surface area contributed by atoms with Crippen LogP contribution in [0.3, 0.4) is 0 Å². The predicted octanol–water partition coefficient (Wildman–Crippen LogP) is 2.37. The van der Waals surface area contributed by atoms with Crippen LogP contribution in [0.1, 0.15) is 48.6 Å². The van der Waals surface area contributed by atoms with Gasteiger partial charge in [0.2, 0.25) is 0 Å². The van der Waals surface area contributed by atoms with Crippen LogP contribution in [-0.2, 0) is 6.54 Å². The van der Waals surface area contributed by atoms with E-state index in [4.69, 9.17) is 0 Å². The molecule has 23 heavy (non-hydrogen) atoms. The molecule has 0 spiro atoms. The van der Waals surface area contributed by atoms with Crippen molar-refractivity contribution in [2.24, 2.45) is 0 Å². The number of aliphatic hydroxyl groups is 1. The van der Waals surface area contributed by atoms with Gasteiger partial charge < -0.3 is 9.67 Å². The van der Waals surface area contributed by atoms with Gasteiger partial charge in [-0.25, -0.2) is 4.39 Å². The average molecular weight is 316 g/mol. The van der Waals surface area contributed by atoms with E-state index in [0.717, 1.165) is 17.2 Å². The lowest BCUT2D eigenvalue weighted by molar-refractivity contribution is 0.170. The fourth-order valence-electron chi connectivity index (χ4n) is 3.60. The van der Waals surface area contributed by atoms with Crippen molar-refractivity contribution >= 4 is 0 Å². The zero-order chi connectivity index (χ0) is 16.0. The molecule has 1 N–H and O–H groups in total. The van der Waals surface area contributed by atoms with Crippen molar-refractivity contribution in [2.75, 3.05) is 6.54 Å². The Labute approximate surface area is 134 Å². The highest BCUT2D eigenvalue weighted by Gasteiger charge is 2.35. The summed E-state index contributed by atoms with van der Waals surface area (Å²) in [5, 5.41) is 18.7. The second kappa shape index (κ2) is 5.69. The van der Waals surface area contributed by atoms with Crippen LogP contribution in [0.2, 0.25) is 0 Å². The topological polar surface area (TPSA) is 54.2 Å². The van der Waals surface area contributed by atoms with Crippen LogP contribution in [0.15, 0.2) is 24.3 Å². The number of rotatable bonds is 4. The highest BCUT2D eigenvalue weighted by molar-refractivity contribution is 5.21. The van der Waals surface area contributed by atoms with E-state index >= 15 is 0 Å². The third kappa shape index (κ3) is 2.88. The summed E-state index contributed by atoms with van der Waals surface area (Å²) in [6.45, 7) is 3.26. The third-order valence-corrected chi connectivity index (χ3v) is 4.83. The number of aromatic nitrogens is 3. The van der Waals surface area contributed by atoms with E-state index in [1.165, 1.54) is 25.0 Å². The molecule has 2 heterocycles. The van der Waals surface area contributed by atoms with Crippen molar-refractivity contribution in [3.63, 3.8) is 0 Å². The van der Waals surface area contributed by atoms with Crippen molar-refractivity contribution in [1.82, 2.24) is 19.7 Å². The molecule has 4 rings (SSSR count). The van der Waals surface area contributed by atoms with Crippen molar-refractivity contribution in [2.45, 2.75) is 50.9 Å². The summed E-state index contributed by atoms with van der Waals surface area (Å²) < 4.78 is 15.4. The Balaban J connectivity index is 1.58. The number of β-amino-alcohol motifs (C(OH)–C–C–N with tert-alkyl or cyclic N) is 1.